The predicted molar refractivity (Wildman–Crippen MR) is 61.7 cm³/mol. The third-order valence-corrected chi connectivity index (χ3v) is 2.42. The SMILES string of the molecule is COc1cc(NC(=O)OCC(F)(F)F)ccc1Br. The molecule has 0 aromatic heterocycles. The zero-order valence-corrected chi connectivity index (χ0v) is 10.8. The van der Waals surface area contributed by atoms with E-state index < -0.39 is 18.9 Å². The summed E-state index contributed by atoms with van der Waals surface area (Å²) in [6, 6.07) is 4.51. The van der Waals surface area contributed by atoms with Crippen LogP contribution >= 0.6 is 15.9 Å². The molecular formula is C10H9BrF3NO3. The number of hydrogen-bond acceptors (Lipinski definition) is 3. The average Bonchev–Trinajstić information content (AvgIpc) is 2.28. The third-order valence-electron chi connectivity index (χ3n) is 1.76. The summed E-state index contributed by atoms with van der Waals surface area (Å²) in [7, 11) is 1.42. The molecule has 0 bridgehead atoms. The van der Waals surface area contributed by atoms with Gasteiger partial charge in [-0.25, -0.2) is 4.79 Å². The van der Waals surface area contributed by atoms with Crippen LogP contribution in [0.25, 0.3) is 0 Å². The molecule has 1 amide bonds. The van der Waals surface area contributed by atoms with Crippen LogP contribution in [0.3, 0.4) is 0 Å². The number of rotatable bonds is 3. The molecule has 0 aliphatic carbocycles. The van der Waals surface area contributed by atoms with Gasteiger partial charge in [-0.3, -0.25) is 5.32 Å². The first-order chi connectivity index (χ1) is 8.31. The molecule has 1 aromatic rings. The minimum absolute atomic E-state index is 0.266. The van der Waals surface area contributed by atoms with E-state index in [0.717, 1.165) is 0 Å². The Morgan fingerprint density at radius 3 is 2.67 bits per heavy atom. The number of hydrogen-bond donors (Lipinski definition) is 1. The molecule has 0 aliphatic heterocycles. The van der Waals surface area contributed by atoms with Crippen molar-refractivity contribution in [1.82, 2.24) is 0 Å². The van der Waals surface area contributed by atoms with Crippen LogP contribution in [-0.4, -0.2) is 26.0 Å². The van der Waals surface area contributed by atoms with Gasteiger partial charge in [-0.1, -0.05) is 0 Å². The van der Waals surface area contributed by atoms with E-state index in [4.69, 9.17) is 4.74 Å². The van der Waals surface area contributed by atoms with E-state index in [1.165, 1.54) is 19.2 Å². The van der Waals surface area contributed by atoms with Crippen molar-refractivity contribution < 1.29 is 27.4 Å². The molecule has 1 aromatic carbocycles. The number of nitrogens with one attached hydrogen (secondary N) is 1. The first-order valence-corrected chi connectivity index (χ1v) is 5.45. The van der Waals surface area contributed by atoms with Crippen LogP contribution in [0.1, 0.15) is 0 Å². The highest BCUT2D eigenvalue weighted by Crippen LogP contribution is 2.27. The van der Waals surface area contributed by atoms with Crippen molar-refractivity contribution in [3.63, 3.8) is 0 Å². The Morgan fingerprint density at radius 1 is 1.44 bits per heavy atom. The summed E-state index contributed by atoms with van der Waals surface area (Å²) in [5, 5.41) is 2.15. The van der Waals surface area contributed by atoms with E-state index in [1.54, 1.807) is 6.07 Å². The highest BCUT2D eigenvalue weighted by molar-refractivity contribution is 9.10. The van der Waals surface area contributed by atoms with Crippen molar-refractivity contribution >= 4 is 27.7 Å². The van der Waals surface area contributed by atoms with E-state index in [0.29, 0.717) is 10.2 Å². The van der Waals surface area contributed by atoms with Crippen molar-refractivity contribution in [2.24, 2.45) is 0 Å². The molecule has 100 valence electrons. The lowest BCUT2D eigenvalue weighted by atomic mass is 10.3. The van der Waals surface area contributed by atoms with Gasteiger partial charge in [0.05, 0.1) is 11.6 Å². The maximum absolute atomic E-state index is 11.8. The molecule has 0 atom stereocenters. The summed E-state index contributed by atoms with van der Waals surface area (Å²) in [6.07, 6.45) is -5.73. The van der Waals surface area contributed by atoms with Crippen molar-refractivity contribution in [2.45, 2.75) is 6.18 Å². The molecule has 0 saturated heterocycles. The number of amides is 1. The van der Waals surface area contributed by atoms with E-state index in [2.05, 4.69) is 26.0 Å². The van der Waals surface area contributed by atoms with Crippen LogP contribution in [0.15, 0.2) is 22.7 Å². The largest absolute Gasteiger partial charge is 0.495 e. The maximum atomic E-state index is 11.8. The molecule has 18 heavy (non-hydrogen) atoms. The van der Waals surface area contributed by atoms with E-state index in [9.17, 15) is 18.0 Å². The van der Waals surface area contributed by atoms with Crippen molar-refractivity contribution in [2.75, 3.05) is 19.0 Å². The first-order valence-electron chi connectivity index (χ1n) is 4.66. The second-order valence-corrected chi connectivity index (χ2v) is 4.02. The molecule has 0 aliphatic rings. The second kappa shape index (κ2) is 5.94. The summed E-state index contributed by atoms with van der Waals surface area (Å²) in [4.78, 5) is 11.1. The third kappa shape index (κ3) is 4.82. The Kier molecular flexibility index (Phi) is 4.83. The Labute approximate surface area is 109 Å². The van der Waals surface area contributed by atoms with Gasteiger partial charge in [0.15, 0.2) is 6.61 Å². The molecule has 1 rings (SSSR count). The minimum atomic E-state index is -4.55. The lowest BCUT2D eigenvalue weighted by molar-refractivity contribution is -0.159. The van der Waals surface area contributed by atoms with Crippen LogP contribution in [0, 0.1) is 0 Å². The van der Waals surface area contributed by atoms with Crippen LogP contribution in [-0.2, 0) is 4.74 Å². The zero-order valence-electron chi connectivity index (χ0n) is 9.18. The normalized spacial score (nSPS) is 10.9. The molecular weight excluding hydrogens is 319 g/mol. The van der Waals surface area contributed by atoms with Gasteiger partial charge in [-0.15, -0.1) is 0 Å². The number of carbonyl (C=O) groups excluding carboxylic acids is 1. The van der Waals surface area contributed by atoms with E-state index >= 15 is 0 Å². The monoisotopic (exact) mass is 327 g/mol. The quantitative estimate of drug-likeness (QED) is 0.923. The molecule has 4 nitrogen and oxygen atoms in total. The molecule has 0 spiro atoms. The fourth-order valence-corrected chi connectivity index (χ4v) is 1.45. The summed E-state index contributed by atoms with van der Waals surface area (Å²) < 4.78 is 45.0. The molecule has 8 heteroatoms. The summed E-state index contributed by atoms with van der Waals surface area (Å²) in [5.41, 5.74) is 0.266. The van der Waals surface area contributed by atoms with Crippen LogP contribution < -0.4 is 10.1 Å². The zero-order chi connectivity index (χ0) is 13.8. The van der Waals surface area contributed by atoms with Crippen molar-refractivity contribution in [3.05, 3.63) is 22.7 Å². The number of anilines is 1. The highest BCUT2D eigenvalue weighted by Gasteiger charge is 2.29. The lowest BCUT2D eigenvalue weighted by Crippen LogP contribution is -2.23. The number of methoxy groups -OCH3 is 1. The van der Waals surface area contributed by atoms with Gasteiger partial charge in [-0.2, -0.15) is 13.2 Å². The van der Waals surface area contributed by atoms with Gasteiger partial charge in [0.25, 0.3) is 0 Å². The Bertz CT molecular complexity index is 437. The second-order valence-electron chi connectivity index (χ2n) is 3.17. The van der Waals surface area contributed by atoms with E-state index in [1.807, 2.05) is 0 Å². The van der Waals surface area contributed by atoms with Gasteiger partial charge in [0, 0.05) is 11.8 Å². The molecule has 1 N–H and O–H groups in total. The molecule has 0 heterocycles. The van der Waals surface area contributed by atoms with Crippen molar-refractivity contribution in [3.8, 4) is 5.75 Å². The van der Waals surface area contributed by atoms with E-state index in [-0.39, 0.29) is 5.69 Å². The number of benzene rings is 1. The molecule has 0 saturated carbocycles. The molecule has 0 fully saturated rings. The van der Waals surface area contributed by atoms with Crippen LogP contribution in [0.5, 0.6) is 5.75 Å². The number of carbonyl (C=O) groups is 1. The van der Waals surface area contributed by atoms with Gasteiger partial charge in [-0.05, 0) is 28.1 Å². The number of halogens is 4. The number of alkyl halides is 3. The Balaban J connectivity index is 2.59. The first kappa shape index (κ1) is 14.6. The Hall–Kier alpha value is -1.44. The predicted octanol–water partition coefficient (Wildman–Crippen LogP) is 3.57. The standard InChI is InChI=1S/C10H9BrF3NO3/c1-17-8-4-6(2-3-7(8)11)15-9(16)18-5-10(12,13)14/h2-4H,5H2,1H3,(H,15,16). The minimum Gasteiger partial charge on any atom is -0.495 e. The van der Waals surface area contributed by atoms with Crippen molar-refractivity contribution in [1.29, 1.82) is 0 Å². The number of ether oxygens (including phenoxy) is 2. The van der Waals surface area contributed by atoms with Crippen LogP contribution in [0.2, 0.25) is 0 Å². The van der Waals surface area contributed by atoms with Crippen LogP contribution in [0.4, 0.5) is 23.7 Å². The van der Waals surface area contributed by atoms with Gasteiger partial charge < -0.3 is 9.47 Å². The van der Waals surface area contributed by atoms with Gasteiger partial charge >= 0.3 is 12.3 Å². The smallest absolute Gasteiger partial charge is 0.422 e. The van der Waals surface area contributed by atoms with Gasteiger partial charge in [0.1, 0.15) is 5.75 Å². The fourth-order valence-electron chi connectivity index (χ4n) is 1.04. The summed E-state index contributed by atoms with van der Waals surface area (Å²) in [6.45, 7) is -1.63. The molecule has 0 unspecified atom stereocenters. The maximum Gasteiger partial charge on any atom is 0.422 e. The van der Waals surface area contributed by atoms with Gasteiger partial charge in [0.2, 0.25) is 0 Å². The summed E-state index contributed by atoms with van der Waals surface area (Å²) in [5.74, 6) is 0.434. The average molecular weight is 328 g/mol. The fraction of sp³-hybridized carbons (Fsp3) is 0.300. The highest BCUT2D eigenvalue weighted by atomic mass is 79.9. The topological polar surface area (TPSA) is 47.6 Å². The Morgan fingerprint density at radius 2 is 2.11 bits per heavy atom. The lowest BCUT2D eigenvalue weighted by Gasteiger charge is -2.10. The molecule has 0 radical (unpaired) electrons. The summed E-state index contributed by atoms with van der Waals surface area (Å²) >= 11 is 3.20.